The highest BCUT2D eigenvalue weighted by atomic mass is 32.2. The summed E-state index contributed by atoms with van der Waals surface area (Å²) in [7, 11) is -3.50. The third-order valence-electron chi connectivity index (χ3n) is 1.73. The molecule has 1 rings (SSSR count). The van der Waals surface area contributed by atoms with E-state index in [1.165, 1.54) is 6.20 Å². The summed E-state index contributed by atoms with van der Waals surface area (Å²) in [5, 5.41) is 7.93. The van der Waals surface area contributed by atoms with E-state index in [1.54, 1.807) is 0 Å². The van der Waals surface area contributed by atoms with Crippen LogP contribution in [0.4, 0.5) is 4.39 Å². The minimum atomic E-state index is -3.50. The Hall–Kier alpha value is -1.70. The number of nitrogens with one attached hydrogen (secondary N) is 2. The minimum absolute atomic E-state index is 0.0285. The summed E-state index contributed by atoms with van der Waals surface area (Å²) in [5.74, 6) is -2.49. The molecule has 16 heavy (non-hydrogen) atoms. The van der Waals surface area contributed by atoms with Crippen LogP contribution in [-0.2, 0) is 14.6 Å². The smallest absolute Gasteiger partial charge is 0.279 e. The van der Waals surface area contributed by atoms with Crippen molar-refractivity contribution in [3.63, 3.8) is 0 Å². The quantitative estimate of drug-likeness (QED) is 0.704. The number of nitrogens with zero attached hydrogens (tertiary/aromatic N) is 1. The van der Waals surface area contributed by atoms with E-state index in [1.807, 2.05) is 0 Å². The Morgan fingerprint density at radius 3 is 2.81 bits per heavy atom. The maximum absolute atomic E-state index is 12.2. The SMILES string of the molecule is C=C(F)C(=O)NCCS(=O)(=O)c1cn[nH]c1. The third-order valence-corrected chi connectivity index (χ3v) is 3.42. The van der Waals surface area contributed by atoms with Gasteiger partial charge in [0, 0.05) is 12.7 Å². The first-order valence-electron chi connectivity index (χ1n) is 4.27. The lowest BCUT2D eigenvalue weighted by Gasteiger charge is -2.03. The van der Waals surface area contributed by atoms with Crippen molar-refractivity contribution in [3.8, 4) is 0 Å². The lowest BCUT2D eigenvalue weighted by Crippen LogP contribution is -2.29. The fraction of sp³-hybridized carbons (Fsp3) is 0.250. The van der Waals surface area contributed by atoms with Crippen LogP contribution in [0.3, 0.4) is 0 Å². The highest BCUT2D eigenvalue weighted by molar-refractivity contribution is 7.91. The number of aromatic amines is 1. The number of amides is 1. The van der Waals surface area contributed by atoms with Crippen LogP contribution in [0.2, 0.25) is 0 Å². The van der Waals surface area contributed by atoms with E-state index in [4.69, 9.17) is 0 Å². The van der Waals surface area contributed by atoms with Crippen molar-refractivity contribution in [2.24, 2.45) is 0 Å². The summed E-state index contributed by atoms with van der Waals surface area (Å²) in [5.41, 5.74) is 0. The van der Waals surface area contributed by atoms with Gasteiger partial charge in [-0.1, -0.05) is 6.58 Å². The number of carbonyl (C=O) groups is 1. The van der Waals surface area contributed by atoms with Crippen LogP contribution >= 0.6 is 0 Å². The number of carbonyl (C=O) groups excluding carboxylic acids is 1. The van der Waals surface area contributed by atoms with Crippen LogP contribution in [0.5, 0.6) is 0 Å². The molecule has 0 bridgehead atoms. The lowest BCUT2D eigenvalue weighted by atomic mass is 10.5. The van der Waals surface area contributed by atoms with E-state index < -0.39 is 21.6 Å². The predicted octanol–water partition coefficient (Wildman–Crippen LogP) is -0.217. The largest absolute Gasteiger partial charge is 0.349 e. The van der Waals surface area contributed by atoms with E-state index in [0.717, 1.165) is 6.20 Å². The fourth-order valence-corrected chi connectivity index (χ4v) is 1.97. The Balaban J connectivity index is 2.51. The van der Waals surface area contributed by atoms with Crippen LogP contribution in [0.15, 0.2) is 29.7 Å². The molecule has 1 aromatic heterocycles. The van der Waals surface area contributed by atoms with Crippen molar-refractivity contribution >= 4 is 15.7 Å². The van der Waals surface area contributed by atoms with Gasteiger partial charge in [0.1, 0.15) is 4.90 Å². The van der Waals surface area contributed by atoms with Gasteiger partial charge in [-0.25, -0.2) is 12.8 Å². The standard InChI is InChI=1S/C8H10FN3O3S/c1-6(9)8(13)10-2-3-16(14,15)7-4-11-12-5-7/h4-5H,1-3H2,(H,10,13)(H,11,12). The van der Waals surface area contributed by atoms with E-state index in [-0.39, 0.29) is 17.2 Å². The second kappa shape index (κ2) is 4.88. The van der Waals surface area contributed by atoms with E-state index in [0.29, 0.717) is 0 Å². The van der Waals surface area contributed by atoms with Crippen LogP contribution in [0, 0.1) is 0 Å². The van der Waals surface area contributed by atoms with Gasteiger partial charge in [-0.15, -0.1) is 0 Å². The number of halogens is 1. The molecule has 0 radical (unpaired) electrons. The van der Waals surface area contributed by atoms with Gasteiger partial charge in [0.05, 0.1) is 11.9 Å². The summed E-state index contributed by atoms with van der Waals surface area (Å²) in [6.45, 7) is 2.59. The third kappa shape index (κ3) is 3.16. The van der Waals surface area contributed by atoms with Gasteiger partial charge in [-0.05, 0) is 0 Å². The molecule has 8 heteroatoms. The lowest BCUT2D eigenvalue weighted by molar-refractivity contribution is -0.118. The van der Waals surface area contributed by atoms with E-state index in [9.17, 15) is 17.6 Å². The molecule has 2 N–H and O–H groups in total. The average molecular weight is 247 g/mol. The van der Waals surface area contributed by atoms with Gasteiger partial charge in [-0.2, -0.15) is 5.10 Å². The first kappa shape index (κ1) is 12.4. The Kier molecular flexibility index (Phi) is 3.78. The van der Waals surface area contributed by atoms with Crippen LogP contribution < -0.4 is 5.32 Å². The van der Waals surface area contributed by atoms with Gasteiger partial charge >= 0.3 is 0 Å². The number of H-pyrrole nitrogens is 1. The fourth-order valence-electron chi connectivity index (χ4n) is 0.922. The summed E-state index contributed by atoms with van der Waals surface area (Å²) in [6, 6.07) is 0. The maximum atomic E-state index is 12.2. The topological polar surface area (TPSA) is 91.9 Å². The van der Waals surface area contributed by atoms with Crippen LogP contribution in [0.1, 0.15) is 0 Å². The van der Waals surface area contributed by atoms with Gasteiger partial charge in [0.25, 0.3) is 5.91 Å². The zero-order valence-electron chi connectivity index (χ0n) is 8.23. The highest BCUT2D eigenvalue weighted by Gasteiger charge is 2.16. The molecular weight excluding hydrogens is 237 g/mol. The van der Waals surface area contributed by atoms with E-state index in [2.05, 4.69) is 22.1 Å². The van der Waals surface area contributed by atoms with Gasteiger partial charge < -0.3 is 5.32 Å². The van der Waals surface area contributed by atoms with E-state index >= 15 is 0 Å². The number of hydrogen-bond donors (Lipinski definition) is 2. The normalized spacial score (nSPS) is 11.1. The number of sulfone groups is 1. The van der Waals surface area contributed by atoms with Crippen LogP contribution in [-0.4, -0.2) is 36.8 Å². The first-order valence-corrected chi connectivity index (χ1v) is 5.93. The molecule has 0 unspecified atom stereocenters. The number of hydrogen-bond acceptors (Lipinski definition) is 4. The molecule has 1 heterocycles. The molecule has 0 aliphatic rings. The highest BCUT2D eigenvalue weighted by Crippen LogP contribution is 2.06. The zero-order valence-corrected chi connectivity index (χ0v) is 9.05. The molecule has 1 amide bonds. The number of aromatic nitrogens is 2. The second-order valence-corrected chi connectivity index (χ2v) is 5.02. The molecule has 0 spiro atoms. The Labute approximate surface area is 91.5 Å². The van der Waals surface area contributed by atoms with Crippen molar-refractivity contribution in [2.45, 2.75) is 4.90 Å². The van der Waals surface area contributed by atoms with Crippen molar-refractivity contribution < 1.29 is 17.6 Å². The minimum Gasteiger partial charge on any atom is -0.349 e. The van der Waals surface area contributed by atoms with Crippen molar-refractivity contribution in [1.82, 2.24) is 15.5 Å². The summed E-state index contributed by atoms with van der Waals surface area (Å²) in [6.07, 6.45) is 2.39. The predicted molar refractivity (Wildman–Crippen MR) is 53.9 cm³/mol. The summed E-state index contributed by atoms with van der Waals surface area (Å²) in [4.78, 5) is 10.7. The van der Waals surface area contributed by atoms with Gasteiger partial charge in [0.2, 0.25) is 0 Å². The molecule has 0 atom stereocenters. The molecule has 88 valence electrons. The zero-order chi connectivity index (χ0) is 12.2. The molecular formula is C8H10FN3O3S. The first-order chi connectivity index (χ1) is 7.43. The van der Waals surface area contributed by atoms with Gasteiger partial charge in [-0.3, -0.25) is 9.89 Å². The van der Waals surface area contributed by atoms with Gasteiger partial charge in [0.15, 0.2) is 15.7 Å². The molecule has 0 aromatic carbocycles. The molecule has 0 fully saturated rings. The maximum Gasteiger partial charge on any atom is 0.279 e. The molecule has 0 aliphatic heterocycles. The summed E-state index contributed by atoms with van der Waals surface area (Å²) < 4.78 is 35.3. The molecule has 0 saturated carbocycles. The Morgan fingerprint density at radius 2 is 2.31 bits per heavy atom. The molecule has 0 aliphatic carbocycles. The van der Waals surface area contributed by atoms with Crippen molar-refractivity contribution in [3.05, 3.63) is 24.8 Å². The Bertz CT molecular complexity index is 481. The van der Waals surface area contributed by atoms with Crippen LogP contribution in [0.25, 0.3) is 0 Å². The molecule has 0 saturated heterocycles. The van der Waals surface area contributed by atoms with Crippen molar-refractivity contribution in [2.75, 3.05) is 12.3 Å². The average Bonchev–Trinajstić information content (AvgIpc) is 2.70. The molecule has 1 aromatic rings. The monoisotopic (exact) mass is 247 g/mol. The molecule has 6 nitrogen and oxygen atoms in total. The van der Waals surface area contributed by atoms with Crippen molar-refractivity contribution in [1.29, 1.82) is 0 Å². The number of rotatable bonds is 5. The summed E-state index contributed by atoms with van der Waals surface area (Å²) >= 11 is 0. The Morgan fingerprint density at radius 1 is 1.62 bits per heavy atom. The second-order valence-electron chi connectivity index (χ2n) is 2.91.